The molecule has 0 unspecified atom stereocenters. The number of nitrogens with one attached hydrogen (secondary N) is 1. The molecular formula is C21H15N3O4S. The van der Waals surface area contributed by atoms with Gasteiger partial charge < -0.3 is 11.1 Å². The minimum absolute atomic E-state index is 0.0546. The number of fused-ring (bicyclic) bond motifs is 1. The molecule has 4 amide bonds. The van der Waals surface area contributed by atoms with E-state index in [4.69, 9.17) is 5.73 Å². The van der Waals surface area contributed by atoms with Gasteiger partial charge in [-0.05, 0) is 41.3 Å². The SMILES string of the molecule is NC(=O)c1ccsc1NC(=O)c1cccc(CN2C(=O)c3ccccc3C2=O)c1. The summed E-state index contributed by atoms with van der Waals surface area (Å²) in [6.07, 6.45) is 0. The summed E-state index contributed by atoms with van der Waals surface area (Å²) in [5.41, 5.74) is 7.26. The van der Waals surface area contributed by atoms with Gasteiger partial charge in [0.2, 0.25) is 0 Å². The van der Waals surface area contributed by atoms with Gasteiger partial charge in [-0.25, -0.2) is 0 Å². The topological polar surface area (TPSA) is 110 Å². The standard InChI is InChI=1S/C21H15N3O4S/c22-17(25)16-8-9-29-19(16)23-18(26)13-5-3-4-12(10-13)11-24-20(27)14-6-1-2-7-15(14)21(24)28/h1-10H,11H2,(H2,22,25)(H,23,26). The Kier molecular flexibility index (Phi) is 4.69. The van der Waals surface area contributed by atoms with Gasteiger partial charge >= 0.3 is 0 Å². The summed E-state index contributed by atoms with van der Waals surface area (Å²) in [6.45, 7) is 0.0546. The lowest BCUT2D eigenvalue weighted by Gasteiger charge is -2.14. The second-order valence-corrected chi connectivity index (χ2v) is 7.34. The van der Waals surface area contributed by atoms with E-state index in [0.717, 1.165) is 4.90 Å². The van der Waals surface area contributed by atoms with Crippen LogP contribution in [-0.4, -0.2) is 28.5 Å². The van der Waals surface area contributed by atoms with Crippen LogP contribution in [0.2, 0.25) is 0 Å². The first-order valence-corrected chi connectivity index (χ1v) is 9.56. The fraction of sp³-hybridized carbons (Fsp3) is 0.0476. The van der Waals surface area contributed by atoms with Crippen LogP contribution in [0.4, 0.5) is 5.00 Å². The molecule has 8 heteroatoms. The number of benzene rings is 2. The third-order valence-corrected chi connectivity index (χ3v) is 5.40. The number of carbonyl (C=O) groups excluding carboxylic acids is 4. The highest BCUT2D eigenvalue weighted by molar-refractivity contribution is 7.14. The summed E-state index contributed by atoms with van der Waals surface area (Å²) in [4.78, 5) is 50.2. The van der Waals surface area contributed by atoms with Crippen molar-refractivity contribution >= 4 is 40.0 Å². The van der Waals surface area contributed by atoms with Gasteiger partial charge in [-0.3, -0.25) is 24.1 Å². The molecule has 2 aromatic carbocycles. The van der Waals surface area contributed by atoms with Gasteiger partial charge in [0.05, 0.1) is 23.2 Å². The Morgan fingerprint density at radius 1 is 0.966 bits per heavy atom. The summed E-state index contributed by atoms with van der Waals surface area (Å²) in [6, 6.07) is 14.8. The van der Waals surface area contributed by atoms with E-state index < -0.39 is 11.8 Å². The second-order valence-electron chi connectivity index (χ2n) is 6.42. The van der Waals surface area contributed by atoms with E-state index in [0.29, 0.717) is 27.3 Å². The van der Waals surface area contributed by atoms with Crippen molar-refractivity contribution in [1.82, 2.24) is 4.90 Å². The van der Waals surface area contributed by atoms with Crippen molar-refractivity contribution in [2.75, 3.05) is 5.32 Å². The van der Waals surface area contributed by atoms with Gasteiger partial charge in [-0.15, -0.1) is 11.3 Å². The minimum Gasteiger partial charge on any atom is -0.366 e. The van der Waals surface area contributed by atoms with Crippen molar-refractivity contribution in [2.45, 2.75) is 6.54 Å². The first-order valence-electron chi connectivity index (χ1n) is 8.68. The molecule has 1 aliphatic heterocycles. The first kappa shape index (κ1) is 18.6. The van der Waals surface area contributed by atoms with Crippen molar-refractivity contribution in [2.24, 2.45) is 5.73 Å². The van der Waals surface area contributed by atoms with Crippen LogP contribution in [0.1, 0.15) is 47.0 Å². The van der Waals surface area contributed by atoms with Crippen molar-refractivity contribution < 1.29 is 19.2 Å². The summed E-state index contributed by atoms with van der Waals surface area (Å²) in [7, 11) is 0. The summed E-state index contributed by atoms with van der Waals surface area (Å²) in [5, 5.41) is 4.70. The number of nitrogens with two attached hydrogens (primary N) is 1. The predicted molar refractivity (Wildman–Crippen MR) is 108 cm³/mol. The maximum Gasteiger partial charge on any atom is 0.261 e. The molecule has 1 aromatic heterocycles. The Labute approximate surface area is 169 Å². The number of amides is 4. The third-order valence-electron chi connectivity index (χ3n) is 4.57. The fourth-order valence-corrected chi connectivity index (χ4v) is 3.94. The molecule has 0 bridgehead atoms. The molecular weight excluding hydrogens is 390 g/mol. The number of anilines is 1. The molecule has 29 heavy (non-hydrogen) atoms. The van der Waals surface area contributed by atoms with Crippen LogP contribution in [0, 0.1) is 0 Å². The monoisotopic (exact) mass is 405 g/mol. The van der Waals surface area contributed by atoms with Crippen molar-refractivity contribution in [1.29, 1.82) is 0 Å². The molecule has 144 valence electrons. The molecule has 3 N–H and O–H groups in total. The number of hydrogen-bond donors (Lipinski definition) is 2. The van der Waals surface area contributed by atoms with Crippen LogP contribution in [0.5, 0.6) is 0 Å². The Bertz CT molecular complexity index is 1130. The van der Waals surface area contributed by atoms with Gasteiger partial charge in [0.15, 0.2) is 0 Å². The second kappa shape index (κ2) is 7.33. The van der Waals surface area contributed by atoms with Crippen LogP contribution in [0.15, 0.2) is 60.0 Å². The molecule has 2 heterocycles. The summed E-state index contributed by atoms with van der Waals surface area (Å²) in [5.74, 6) is -1.75. The van der Waals surface area contributed by atoms with Crippen molar-refractivity contribution in [3.8, 4) is 0 Å². The predicted octanol–water partition coefficient (Wildman–Crippen LogP) is 2.90. The molecule has 0 aliphatic carbocycles. The van der Waals surface area contributed by atoms with Crippen molar-refractivity contribution in [3.63, 3.8) is 0 Å². The average Bonchev–Trinajstić information content (AvgIpc) is 3.27. The molecule has 0 atom stereocenters. The Morgan fingerprint density at radius 3 is 2.31 bits per heavy atom. The number of rotatable bonds is 5. The average molecular weight is 405 g/mol. The highest BCUT2D eigenvalue weighted by atomic mass is 32.1. The smallest absolute Gasteiger partial charge is 0.261 e. The molecule has 0 radical (unpaired) electrons. The molecule has 0 fully saturated rings. The molecule has 0 saturated carbocycles. The van der Waals surface area contributed by atoms with Crippen molar-refractivity contribution in [3.05, 3.63) is 87.8 Å². The van der Waals surface area contributed by atoms with Gasteiger partial charge in [0.25, 0.3) is 23.6 Å². The molecule has 1 aliphatic rings. The lowest BCUT2D eigenvalue weighted by molar-refractivity contribution is 0.0642. The molecule has 4 rings (SSSR count). The van der Waals surface area contributed by atoms with E-state index in [1.807, 2.05) is 0 Å². The zero-order chi connectivity index (χ0) is 20.5. The van der Waals surface area contributed by atoms with Gasteiger partial charge in [0.1, 0.15) is 5.00 Å². The highest BCUT2D eigenvalue weighted by Gasteiger charge is 2.35. The molecule has 0 saturated heterocycles. The maximum atomic E-state index is 12.6. The lowest BCUT2D eigenvalue weighted by Crippen LogP contribution is -2.29. The third kappa shape index (κ3) is 3.41. The quantitative estimate of drug-likeness (QED) is 0.636. The zero-order valence-electron chi connectivity index (χ0n) is 15.0. The number of thiophene rings is 1. The van der Waals surface area contributed by atoms with Crippen LogP contribution in [-0.2, 0) is 6.54 Å². The Morgan fingerprint density at radius 2 is 1.66 bits per heavy atom. The van der Waals surface area contributed by atoms with Crippen LogP contribution >= 0.6 is 11.3 Å². The lowest BCUT2D eigenvalue weighted by atomic mass is 10.1. The maximum absolute atomic E-state index is 12.6. The summed E-state index contributed by atoms with van der Waals surface area (Å²) < 4.78 is 0. The number of nitrogens with zero attached hydrogens (tertiary/aromatic N) is 1. The van der Waals surface area contributed by atoms with E-state index in [-0.39, 0.29) is 23.9 Å². The first-order chi connectivity index (χ1) is 14.0. The van der Waals surface area contributed by atoms with E-state index in [9.17, 15) is 19.2 Å². The normalized spacial score (nSPS) is 12.8. The van der Waals surface area contributed by atoms with Crippen LogP contribution < -0.4 is 11.1 Å². The largest absolute Gasteiger partial charge is 0.366 e. The zero-order valence-corrected chi connectivity index (χ0v) is 15.9. The van der Waals surface area contributed by atoms with E-state index >= 15 is 0 Å². The fourth-order valence-electron chi connectivity index (χ4n) is 3.15. The summed E-state index contributed by atoms with van der Waals surface area (Å²) >= 11 is 1.19. The number of carbonyl (C=O) groups is 4. The number of primary amides is 1. The number of hydrogen-bond acceptors (Lipinski definition) is 5. The minimum atomic E-state index is -0.624. The van der Waals surface area contributed by atoms with Crippen LogP contribution in [0.3, 0.4) is 0 Å². The Balaban J connectivity index is 1.53. The molecule has 0 spiro atoms. The van der Waals surface area contributed by atoms with E-state index in [2.05, 4.69) is 5.32 Å². The van der Waals surface area contributed by atoms with E-state index in [1.54, 1.807) is 60.0 Å². The van der Waals surface area contributed by atoms with Crippen LogP contribution in [0.25, 0.3) is 0 Å². The highest BCUT2D eigenvalue weighted by Crippen LogP contribution is 2.25. The van der Waals surface area contributed by atoms with Gasteiger partial charge in [-0.2, -0.15) is 0 Å². The Hall–Kier alpha value is -3.78. The van der Waals surface area contributed by atoms with E-state index in [1.165, 1.54) is 11.3 Å². The van der Waals surface area contributed by atoms with Gasteiger partial charge in [0, 0.05) is 5.56 Å². The molecule has 7 nitrogen and oxygen atoms in total. The number of imide groups is 1. The molecule has 3 aromatic rings. The van der Waals surface area contributed by atoms with Gasteiger partial charge in [-0.1, -0.05) is 24.3 Å².